The van der Waals surface area contributed by atoms with Gasteiger partial charge in [-0.15, -0.1) is 0 Å². The molecule has 2 aromatic rings. The van der Waals surface area contributed by atoms with Gasteiger partial charge in [0, 0.05) is 6.07 Å². The van der Waals surface area contributed by atoms with Crippen LogP contribution in [-0.2, 0) is 0 Å². The van der Waals surface area contributed by atoms with Crippen LogP contribution in [0.2, 0.25) is 0 Å². The average molecular weight is 290 g/mol. The van der Waals surface area contributed by atoms with E-state index in [-0.39, 0.29) is 28.3 Å². The molecule has 6 nitrogen and oxygen atoms in total. The number of nitrogen functional groups attached to an aromatic ring is 1. The van der Waals surface area contributed by atoms with Gasteiger partial charge in [0.15, 0.2) is 0 Å². The molecule has 5 N–H and O–H groups in total. The minimum Gasteiger partial charge on any atom is -0.478 e. The third-order valence-corrected chi connectivity index (χ3v) is 2.69. The van der Waals surface area contributed by atoms with Crippen molar-refractivity contribution >= 4 is 17.6 Å². The summed E-state index contributed by atoms with van der Waals surface area (Å²) < 4.78 is 18.9. The lowest BCUT2D eigenvalue weighted by atomic mass is 10.2. The van der Waals surface area contributed by atoms with Gasteiger partial charge >= 0.3 is 5.97 Å². The monoisotopic (exact) mass is 290 g/mol. The molecule has 0 atom stereocenters. The van der Waals surface area contributed by atoms with Gasteiger partial charge in [-0.3, -0.25) is 4.79 Å². The maximum atomic E-state index is 13.6. The van der Waals surface area contributed by atoms with E-state index in [2.05, 4.69) is 0 Å². The van der Waals surface area contributed by atoms with Crippen molar-refractivity contribution in [2.45, 2.75) is 0 Å². The first-order valence-corrected chi connectivity index (χ1v) is 5.78. The average Bonchev–Trinajstić information content (AvgIpc) is 2.40. The molecule has 0 radical (unpaired) electrons. The molecule has 0 aromatic heterocycles. The van der Waals surface area contributed by atoms with Gasteiger partial charge in [0.05, 0.1) is 16.8 Å². The van der Waals surface area contributed by atoms with E-state index in [9.17, 15) is 14.0 Å². The first-order valence-electron chi connectivity index (χ1n) is 5.78. The summed E-state index contributed by atoms with van der Waals surface area (Å²) in [6, 6.07) is 7.43. The van der Waals surface area contributed by atoms with Gasteiger partial charge in [0.1, 0.15) is 17.3 Å². The minimum absolute atomic E-state index is 0.00936. The normalized spacial score (nSPS) is 10.1. The Labute approximate surface area is 118 Å². The minimum atomic E-state index is -1.12. The fraction of sp³-hybridized carbons (Fsp3) is 0. The number of nitrogens with two attached hydrogens (primary N) is 2. The van der Waals surface area contributed by atoms with Crippen LogP contribution in [0.4, 0.5) is 10.1 Å². The SMILES string of the molecule is NC(=O)c1ccc(Oc2ccc(C(=O)O)cc2N)cc1F. The fourth-order valence-electron chi connectivity index (χ4n) is 1.66. The van der Waals surface area contributed by atoms with E-state index in [1.54, 1.807) is 0 Å². The molecule has 2 aromatic carbocycles. The number of hydrogen-bond donors (Lipinski definition) is 3. The Kier molecular flexibility index (Phi) is 3.75. The predicted molar refractivity (Wildman–Crippen MR) is 72.8 cm³/mol. The largest absolute Gasteiger partial charge is 0.478 e. The number of ether oxygens (including phenoxy) is 1. The van der Waals surface area contributed by atoms with Crippen molar-refractivity contribution in [3.05, 3.63) is 53.3 Å². The van der Waals surface area contributed by atoms with E-state index in [1.807, 2.05) is 0 Å². The number of benzene rings is 2. The van der Waals surface area contributed by atoms with Crippen molar-refractivity contribution in [2.75, 3.05) is 5.73 Å². The summed E-state index contributed by atoms with van der Waals surface area (Å²) in [6.07, 6.45) is 0. The van der Waals surface area contributed by atoms with E-state index in [0.717, 1.165) is 6.07 Å². The van der Waals surface area contributed by atoms with E-state index < -0.39 is 17.7 Å². The Morgan fingerprint density at radius 1 is 1.14 bits per heavy atom. The second-order valence-electron chi connectivity index (χ2n) is 4.17. The Balaban J connectivity index is 2.28. The van der Waals surface area contributed by atoms with E-state index in [0.29, 0.717) is 0 Å². The van der Waals surface area contributed by atoms with Crippen molar-refractivity contribution in [3.63, 3.8) is 0 Å². The lowest BCUT2D eigenvalue weighted by Gasteiger charge is -2.10. The van der Waals surface area contributed by atoms with Gasteiger partial charge in [0.25, 0.3) is 5.91 Å². The van der Waals surface area contributed by atoms with Crippen molar-refractivity contribution in [1.82, 2.24) is 0 Å². The molecule has 21 heavy (non-hydrogen) atoms. The maximum Gasteiger partial charge on any atom is 0.335 e. The second-order valence-corrected chi connectivity index (χ2v) is 4.17. The molecule has 0 aliphatic rings. The molecule has 0 bridgehead atoms. The van der Waals surface area contributed by atoms with Gasteiger partial charge < -0.3 is 21.3 Å². The van der Waals surface area contributed by atoms with Crippen LogP contribution in [0, 0.1) is 5.82 Å². The highest BCUT2D eigenvalue weighted by atomic mass is 19.1. The van der Waals surface area contributed by atoms with Crippen molar-refractivity contribution < 1.29 is 23.8 Å². The summed E-state index contributed by atoms with van der Waals surface area (Å²) in [5.41, 5.74) is 10.5. The van der Waals surface area contributed by atoms with Crippen LogP contribution in [0.5, 0.6) is 11.5 Å². The van der Waals surface area contributed by atoms with Gasteiger partial charge in [0.2, 0.25) is 0 Å². The summed E-state index contributed by atoms with van der Waals surface area (Å²) in [4.78, 5) is 21.7. The molecule has 0 aliphatic carbocycles. The number of amides is 1. The molecule has 0 fully saturated rings. The number of hydrogen-bond acceptors (Lipinski definition) is 4. The maximum absolute atomic E-state index is 13.6. The highest BCUT2D eigenvalue weighted by molar-refractivity contribution is 5.93. The van der Waals surface area contributed by atoms with Crippen LogP contribution in [-0.4, -0.2) is 17.0 Å². The highest BCUT2D eigenvalue weighted by Crippen LogP contribution is 2.29. The Morgan fingerprint density at radius 3 is 2.38 bits per heavy atom. The van der Waals surface area contributed by atoms with E-state index in [4.69, 9.17) is 21.3 Å². The number of aromatic carboxylic acids is 1. The van der Waals surface area contributed by atoms with Crippen molar-refractivity contribution in [3.8, 4) is 11.5 Å². The Morgan fingerprint density at radius 2 is 1.86 bits per heavy atom. The number of carboxylic acid groups (broad SMARTS) is 1. The van der Waals surface area contributed by atoms with Crippen molar-refractivity contribution in [2.24, 2.45) is 5.73 Å². The summed E-state index contributed by atoms with van der Waals surface area (Å²) in [7, 11) is 0. The summed E-state index contributed by atoms with van der Waals surface area (Å²) in [5, 5.41) is 8.82. The molecule has 1 amide bonds. The first kappa shape index (κ1) is 14.3. The smallest absolute Gasteiger partial charge is 0.335 e. The zero-order valence-electron chi connectivity index (χ0n) is 10.7. The quantitative estimate of drug-likeness (QED) is 0.745. The topological polar surface area (TPSA) is 116 Å². The molecule has 0 saturated carbocycles. The second kappa shape index (κ2) is 5.49. The number of rotatable bonds is 4. The zero-order chi connectivity index (χ0) is 15.6. The molecule has 0 saturated heterocycles. The number of carbonyl (C=O) groups is 2. The van der Waals surface area contributed by atoms with Crippen LogP contribution in [0.25, 0.3) is 0 Å². The van der Waals surface area contributed by atoms with Gasteiger partial charge in [-0.2, -0.15) is 0 Å². The zero-order valence-corrected chi connectivity index (χ0v) is 10.7. The first-order chi connectivity index (χ1) is 9.88. The van der Waals surface area contributed by atoms with Crippen LogP contribution in [0.3, 0.4) is 0 Å². The molecule has 0 spiro atoms. The number of anilines is 1. The van der Waals surface area contributed by atoms with Crippen molar-refractivity contribution in [1.29, 1.82) is 0 Å². The molecular formula is C14H11FN2O4. The lowest BCUT2D eigenvalue weighted by molar-refractivity contribution is 0.0696. The standard InChI is InChI=1S/C14H11FN2O4/c15-10-6-8(2-3-9(10)13(17)18)21-12-4-1-7(14(19)20)5-11(12)16/h1-6H,16H2,(H2,17,18)(H,19,20). The lowest BCUT2D eigenvalue weighted by Crippen LogP contribution is -2.12. The third kappa shape index (κ3) is 3.08. The predicted octanol–water partition coefficient (Wildman–Crippen LogP) is 2.00. The Hall–Kier alpha value is -3.09. The molecule has 2 rings (SSSR count). The number of carbonyl (C=O) groups excluding carboxylic acids is 1. The Bertz CT molecular complexity index is 731. The number of halogens is 1. The number of carboxylic acids is 1. The van der Waals surface area contributed by atoms with Gasteiger partial charge in [-0.1, -0.05) is 0 Å². The molecule has 7 heteroatoms. The van der Waals surface area contributed by atoms with Gasteiger partial charge in [-0.05, 0) is 30.3 Å². The number of primary amides is 1. The van der Waals surface area contributed by atoms with Gasteiger partial charge in [-0.25, -0.2) is 9.18 Å². The summed E-state index contributed by atoms with van der Waals surface area (Å²) in [6.45, 7) is 0. The highest BCUT2D eigenvalue weighted by Gasteiger charge is 2.11. The van der Waals surface area contributed by atoms with Crippen LogP contribution in [0.1, 0.15) is 20.7 Å². The molecule has 0 unspecified atom stereocenters. The van der Waals surface area contributed by atoms with E-state index in [1.165, 1.54) is 30.3 Å². The summed E-state index contributed by atoms with van der Waals surface area (Å²) >= 11 is 0. The molecule has 0 heterocycles. The van der Waals surface area contributed by atoms with E-state index >= 15 is 0 Å². The third-order valence-electron chi connectivity index (χ3n) is 2.69. The molecule has 0 aliphatic heterocycles. The van der Waals surface area contributed by atoms with Crippen LogP contribution >= 0.6 is 0 Å². The molecule has 108 valence electrons. The summed E-state index contributed by atoms with van der Waals surface area (Å²) in [5.74, 6) is -2.55. The van der Waals surface area contributed by atoms with Crippen LogP contribution in [0.15, 0.2) is 36.4 Å². The molecular weight excluding hydrogens is 279 g/mol. The fourth-order valence-corrected chi connectivity index (χ4v) is 1.66. The van der Waals surface area contributed by atoms with Crippen LogP contribution < -0.4 is 16.2 Å².